The number of nitrogens with zero attached hydrogens (tertiary/aromatic N) is 1. The van der Waals surface area contributed by atoms with E-state index in [1.54, 1.807) is 6.92 Å². The number of rotatable bonds is 9. The maximum absolute atomic E-state index is 11.3. The zero-order valence-electron chi connectivity index (χ0n) is 11.5. The van der Waals surface area contributed by atoms with Crippen molar-refractivity contribution in [1.29, 1.82) is 0 Å². The molecule has 0 amide bonds. The highest BCUT2D eigenvalue weighted by Crippen LogP contribution is 2.51. The summed E-state index contributed by atoms with van der Waals surface area (Å²) in [6.45, 7) is 7.81. The van der Waals surface area contributed by atoms with Crippen LogP contribution in [0.15, 0.2) is 0 Å². The number of hydrogen-bond acceptors (Lipinski definition) is 5. The molecule has 0 saturated carbocycles. The minimum Gasteiger partial charge on any atom is -0.770 e. The molecule has 0 fully saturated rings. The average molecular weight is 282 g/mol. The van der Waals surface area contributed by atoms with Crippen molar-refractivity contribution in [3.05, 3.63) is 0 Å². The molecule has 1 atom stereocenters. The van der Waals surface area contributed by atoms with E-state index in [1.165, 1.54) is 0 Å². The molecule has 17 heavy (non-hydrogen) atoms. The van der Waals surface area contributed by atoms with Crippen LogP contribution in [0.3, 0.4) is 0 Å². The quantitative estimate of drug-likeness (QED) is 0.481. The standard InChI is InChI=1S/C11H26NO3PS/c1-6-15-16(13,14)17-9-7-8-12(10(2)3)11(4)5/h10-11H,6-9H2,1-5H3,(H,13,14)/p-1. The van der Waals surface area contributed by atoms with E-state index < -0.39 is 6.80 Å². The maximum atomic E-state index is 11.3. The molecule has 0 N–H and O–H groups in total. The molecule has 0 rings (SSSR count). The minimum absolute atomic E-state index is 0.220. The predicted octanol–water partition coefficient (Wildman–Crippen LogP) is 2.73. The molecular weight excluding hydrogens is 257 g/mol. The summed E-state index contributed by atoms with van der Waals surface area (Å²) in [5, 5.41) is 0. The molecule has 0 saturated heterocycles. The van der Waals surface area contributed by atoms with Crippen LogP contribution in [-0.2, 0) is 9.09 Å². The second kappa shape index (κ2) is 8.54. The molecule has 0 aliphatic heterocycles. The lowest BCUT2D eigenvalue weighted by molar-refractivity contribution is -0.189. The van der Waals surface area contributed by atoms with E-state index in [9.17, 15) is 9.46 Å². The smallest absolute Gasteiger partial charge is 0.192 e. The van der Waals surface area contributed by atoms with Crippen LogP contribution in [0.5, 0.6) is 0 Å². The fourth-order valence-electron chi connectivity index (χ4n) is 1.73. The summed E-state index contributed by atoms with van der Waals surface area (Å²) in [7, 11) is 0. The summed E-state index contributed by atoms with van der Waals surface area (Å²) < 4.78 is 16.0. The molecule has 0 aromatic heterocycles. The van der Waals surface area contributed by atoms with Crippen molar-refractivity contribution in [3.8, 4) is 0 Å². The van der Waals surface area contributed by atoms with Gasteiger partial charge in [0.15, 0.2) is 6.80 Å². The van der Waals surface area contributed by atoms with Gasteiger partial charge in [0, 0.05) is 17.8 Å². The van der Waals surface area contributed by atoms with E-state index in [0.717, 1.165) is 24.3 Å². The monoisotopic (exact) mass is 282 g/mol. The topological polar surface area (TPSA) is 52.6 Å². The van der Waals surface area contributed by atoms with Crippen LogP contribution in [0.4, 0.5) is 0 Å². The van der Waals surface area contributed by atoms with Gasteiger partial charge >= 0.3 is 0 Å². The van der Waals surface area contributed by atoms with Gasteiger partial charge in [-0.2, -0.15) is 0 Å². The first kappa shape index (κ1) is 17.5. The Hall–Kier alpha value is 0.460. The van der Waals surface area contributed by atoms with Gasteiger partial charge in [-0.15, -0.1) is 0 Å². The lowest BCUT2D eigenvalue weighted by Crippen LogP contribution is -2.37. The summed E-state index contributed by atoms with van der Waals surface area (Å²) in [5.74, 6) is 0.594. The van der Waals surface area contributed by atoms with Gasteiger partial charge in [-0.1, -0.05) is 11.4 Å². The molecule has 0 heterocycles. The van der Waals surface area contributed by atoms with E-state index in [4.69, 9.17) is 0 Å². The summed E-state index contributed by atoms with van der Waals surface area (Å²) in [5.41, 5.74) is 0. The molecule has 4 nitrogen and oxygen atoms in total. The first-order valence-corrected chi connectivity index (χ1v) is 9.29. The minimum atomic E-state index is -3.65. The lowest BCUT2D eigenvalue weighted by atomic mass is 10.2. The van der Waals surface area contributed by atoms with E-state index >= 15 is 0 Å². The third kappa shape index (κ3) is 8.22. The Morgan fingerprint density at radius 1 is 1.29 bits per heavy atom. The Labute approximate surface area is 109 Å². The molecule has 0 aliphatic carbocycles. The van der Waals surface area contributed by atoms with Crippen LogP contribution < -0.4 is 4.89 Å². The summed E-state index contributed by atoms with van der Waals surface area (Å²) in [4.78, 5) is 13.7. The van der Waals surface area contributed by atoms with Crippen molar-refractivity contribution >= 4 is 18.2 Å². The zero-order chi connectivity index (χ0) is 13.5. The molecule has 0 aromatic rings. The molecule has 0 radical (unpaired) electrons. The van der Waals surface area contributed by atoms with Crippen LogP contribution in [0.2, 0.25) is 0 Å². The van der Waals surface area contributed by atoms with Gasteiger partial charge in [0.1, 0.15) is 0 Å². The van der Waals surface area contributed by atoms with E-state index in [-0.39, 0.29) is 6.61 Å². The van der Waals surface area contributed by atoms with Crippen molar-refractivity contribution in [3.63, 3.8) is 0 Å². The van der Waals surface area contributed by atoms with Crippen molar-refractivity contribution in [2.75, 3.05) is 18.9 Å². The van der Waals surface area contributed by atoms with Gasteiger partial charge in [-0.25, -0.2) is 0 Å². The van der Waals surface area contributed by atoms with Crippen LogP contribution in [0.25, 0.3) is 0 Å². The Morgan fingerprint density at radius 3 is 2.24 bits per heavy atom. The fraction of sp³-hybridized carbons (Fsp3) is 1.00. The largest absolute Gasteiger partial charge is 0.770 e. The highest BCUT2D eigenvalue weighted by Gasteiger charge is 2.13. The van der Waals surface area contributed by atoms with Crippen LogP contribution in [-0.4, -0.2) is 35.9 Å². The molecule has 6 heteroatoms. The van der Waals surface area contributed by atoms with E-state index in [0.29, 0.717) is 17.8 Å². The second-order valence-electron chi connectivity index (χ2n) is 4.48. The molecule has 104 valence electrons. The zero-order valence-corrected chi connectivity index (χ0v) is 13.2. The predicted molar refractivity (Wildman–Crippen MR) is 73.3 cm³/mol. The van der Waals surface area contributed by atoms with Crippen molar-refractivity contribution in [1.82, 2.24) is 4.90 Å². The van der Waals surface area contributed by atoms with Crippen LogP contribution >= 0.6 is 18.2 Å². The first-order valence-electron chi connectivity index (χ1n) is 6.16. The third-order valence-electron chi connectivity index (χ3n) is 2.42. The van der Waals surface area contributed by atoms with Gasteiger partial charge in [0.05, 0.1) is 6.61 Å². The van der Waals surface area contributed by atoms with Gasteiger partial charge in [0.2, 0.25) is 0 Å². The third-order valence-corrected chi connectivity index (χ3v) is 5.60. The Morgan fingerprint density at radius 2 is 1.82 bits per heavy atom. The van der Waals surface area contributed by atoms with Gasteiger partial charge in [-0.05, 0) is 47.6 Å². The molecule has 0 aliphatic rings. The number of hydrogen-bond donors (Lipinski definition) is 0. The Bertz CT molecular complexity index is 241. The molecular formula is C11H25NO3PS-. The Kier molecular flexibility index (Phi) is 8.77. The van der Waals surface area contributed by atoms with Crippen molar-refractivity contribution in [2.45, 2.75) is 53.1 Å². The highest BCUT2D eigenvalue weighted by atomic mass is 32.7. The first-order chi connectivity index (χ1) is 7.80. The van der Waals surface area contributed by atoms with E-state index in [1.807, 2.05) is 0 Å². The summed E-state index contributed by atoms with van der Waals surface area (Å²) in [6, 6.07) is 0.983. The van der Waals surface area contributed by atoms with Crippen LogP contribution in [0.1, 0.15) is 41.0 Å². The Balaban J connectivity index is 3.87. The van der Waals surface area contributed by atoms with Crippen molar-refractivity contribution in [2.24, 2.45) is 0 Å². The summed E-state index contributed by atoms with van der Waals surface area (Å²) in [6.07, 6.45) is 0.861. The lowest BCUT2D eigenvalue weighted by Gasteiger charge is -2.30. The molecule has 1 unspecified atom stereocenters. The normalized spacial score (nSPS) is 15.8. The fourth-order valence-corrected chi connectivity index (χ4v) is 4.20. The molecule has 0 bridgehead atoms. The van der Waals surface area contributed by atoms with Crippen LogP contribution in [0, 0.1) is 0 Å². The maximum Gasteiger partial charge on any atom is 0.192 e. The second-order valence-corrected chi connectivity index (χ2v) is 8.41. The van der Waals surface area contributed by atoms with Crippen molar-refractivity contribution < 1.29 is 14.0 Å². The van der Waals surface area contributed by atoms with Gasteiger partial charge in [-0.3, -0.25) is 9.46 Å². The average Bonchev–Trinajstić information content (AvgIpc) is 2.15. The molecule has 0 aromatic carbocycles. The SMILES string of the molecule is CCOP(=O)([O-])SCCCN(C(C)C)C(C)C. The van der Waals surface area contributed by atoms with E-state index in [2.05, 4.69) is 37.1 Å². The van der Waals surface area contributed by atoms with Gasteiger partial charge < -0.3 is 9.42 Å². The highest BCUT2D eigenvalue weighted by molar-refractivity contribution is 8.54. The molecule has 0 spiro atoms. The summed E-state index contributed by atoms with van der Waals surface area (Å²) >= 11 is 0.920. The van der Waals surface area contributed by atoms with Gasteiger partial charge in [0.25, 0.3) is 0 Å².